The third-order valence-corrected chi connectivity index (χ3v) is 3.64. The van der Waals surface area contributed by atoms with E-state index in [0.29, 0.717) is 5.75 Å². The highest BCUT2D eigenvalue weighted by molar-refractivity contribution is 6.45. The molecule has 2 N–H and O–H groups in total. The van der Waals surface area contributed by atoms with Gasteiger partial charge in [-0.1, -0.05) is 11.6 Å². The summed E-state index contributed by atoms with van der Waals surface area (Å²) in [5.41, 5.74) is 0.319. The molecule has 0 aliphatic heterocycles. The lowest BCUT2D eigenvalue weighted by Gasteiger charge is -2.10. The number of ketones is 1. The molecule has 0 unspecified atom stereocenters. The van der Waals surface area contributed by atoms with E-state index in [1.54, 1.807) is 12.1 Å². The Labute approximate surface area is 153 Å². The first-order valence-corrected chi connectivity index (χ1v) is 7.67. The summed E-state index contributed by atoms with van der Waals surface area (Å²) in [5, 5.41) is 12.2. The average Bonchev–Trinajstić information content (AvgIpc) is 2.63. The Morgan fingerprint density at radius 1 is 1.15 bits per heavy atom. The van der Waals surface area contributed by atoms with Gasteiger partial charge in [-0.3, -0.25) is 9.59 Å². The van der Waals surface area contributed by atoms with E-state index in [-0.39, 0.29) is 22.0 Å². The molecule has 26 heavy (non-hydrogen) atoms. The zero-order chi connectivity index (χ0) is 19.3. The van der Waals surface area contributed by atoms with Crippen LogP contribution in [0.4, 0.5) is 10.1 Å². The normalized spacial score (nSPS) is 11.0. The molecular weight excluding hydrogens is 365 g/mol. The number of halogens is 2. The van der Waals surface area contributed by atoms with E-state index >= 15 is 0 Å². The molecule has 2 aromatic rings. The molecule has 6 nitrogen and oxygen atoms in total. The lowest BCUT2D eigenvalue weighted by atomic mass is 10.1. The van der Waals surface area contributed by atoms with E-state index < -0.39 is 23.3 Å². The Hall–Kier alpha value is -3.06. The van der Waals surface area contributed by atoms with E-state index in [0.717, 1.165) is 18.2 Å². The standard InChI is InChI=1S/C18H15ClFNO5/c1-25-11-4-6-17(26-2)12(8-11)15(22)9-16(23)18(24)21-10-3-5-14(20)13(19)7-10/h3-9,22H,1-2H3,(H,21,24). The zero-order valence-corrected chi connectivity index (χ0v) is 14.6. The fourth-order valence-electron chi connectivity index (χ4n) is 2.05. The van der Waals surface area contributed by atoms with Gasteiger partial charge in [0.05, 0.1) is 24.8 Å². The minimum atomic E-state index is -1.03. The molecule has 2 rings (SSSR count). The molecule has 136 valence electrons. The minimum absolute atomic E-state index is 0.140. The van der Waals surface area contributed by atoms with Crippen LogP contribution < -0.4 is 14.8 Å². The van der Waals surface area contributed by atoms with Gasteiger partial charge in [0.2, 0.25) is 5.78 Å². The smallest absolute Gasteiger partial charge is 0.296 e. The van der Waals surface area contributed by atoms with E-state index in [2.05, 4.69) is 5.32 Å². The molecule has 8 heteroatoms. The number of ether oxygens (including phenoxy) is 2. The van der Waals surface area contributed by atoms with Gasteiger partial charge in [-0.05, 0) is 36.4 Å². The molecule has 0 aliphatic rings. The number of amides is 1. The highest BCUT2D eigenvalue weighted by Crippen LogP contribution is 2.28. The van der Waals surface area contributed by atoms with Crippen molar-refractivity contribution < 1.29 is 28.6 Å². The summed E-state index contributed by atoms with van der Waals surface area (Å²) in [4.78, 5) is 24.0. The van der Waals surface area contributed by atoms with Crippen LogP contribution in [0.25, 0.3) is 5.76 Å². The first kappa shape index (κ1) is 19.3. The number of benzene rings is 2. The molecule has 0 heterocycles. The summed E-state index contributed by atoms with van der Waals surface area (Å²) in [6.45, 7) is 0. The quantitative estimate of drug-likeness (QED) is 0.455. The highest BCUT2D eigenvalue weighted by Gasteiger charge is 2.16. The van der Waals surface area contributed by atoms with Crippen LogP contribution in [0.3, 0.4) is 0 Å². The lowest BCUT2D eigenvalue weighted by molar-refractivity contribution is -0.131. The molecule has 1 amide bonds. The second-order valence-corrected chi connectivity index (χ2v) is 5.45. The molecule has 0 saturated carbocycles. The highest BCUT2D eigenvalue weighted by atomic mass is 35.5. The van der Waals surface area contributed by atoms with Gasteiger partial charge in [-0.15, -0.1) is 0 Å². The number of anilines is 1. The van der Waals surface area contributed by atoms with Crippen LogP contribution in [-0.4, -0.2) is 31.0 Å². The number of carbonyl (C=O) groups excluding carboxylic acids is 2. The van der Waals surface area contributed by atoms with Crippen molar-refractivity contribution in [2.45, 2.75) is 0 Å². The van der Waals surface area contributed by atoms with Gasteiger partial charge in [0.25, 0.3) is 5.91 Å². The van der Waals surface area contributed by atoms with Crippen LogP contribution in [0.5, 0.6) is 11.5 Å². The topological polar surface area (TPSA) is 84.9 Å². The van der Waals surface area contributed by atoms with Gasteiger partial charge in [-0.2, -0.15) is 0 Å². The molecule has 0 aliphatic carbocycles. The van der Waals surface area contributed by atoms with Gasteiger partial charge < -0.3 is 19.9 Å². The van der Waals surface area contributed by atoms with Crippen LogP contribution in [0.15, 0.2) is 42.5 Å². The lowest BCUT2D eigenvalue weighted by Crippen LogP contribution is -2.21. The van der Waals surface area contributed by atoms with E-state index in [1.165, 1.54) is 26.4 Å². The average molecular weight is 380 g/mol. The number of rotatable bonds is 6. The molecular formula is C18H15ClFNO5. The van der Waals surface area contributed by atoms with Gasteiger partial charge in [0.15, 0.2) is 0 Å². The van der Waals surface area contributed by atoms with E-state index in [4.69, 9.17) is 21.1 Å². The Kier molecular flexibility index (Phi) is 6.19. The summed E-state index contributed by atoms with van der Waals surface area (Å²) in [6.07, 6.45) is 0.748. The summed E-state index contributed by atoms with van der Waals surface area (Å²) < 4.78 is 23.3. The second-order valence-electron chi connectivity index (χ2n) is 5.04. The van der Waals surface area contributed by atoms with E-state index in [1.807, 2.05) is 0 Å². The van der Waals surface area contributed by atoms with Crippen molar-refractivity contribution in [2.75, 3.05) is 19.5 Å². The van der Waals surface area contributed by atoms with Gasteiger partial charge in [0, 0.05) is 11.8 Å². The maximum Gasteiger partial charge on any atom is 0.296 e. The van der Waals surface area contributed by atoms with Crippen molar-refractivity contribution in [2.24, 2.45) is 0 Å². The SMILES string of the molecule is COc1ccc(OC)c(C(O)=CC(=O)C(=O)Nc2ccc(F)c(Cl)c2)c1. The van der Waals surface area contributed by atoms with Crippen molar-refractivity contribution in [3.8, 4) is 11.5 Å². The van der Waals surface area contributed by atoms with Crippen molar-refractivity contribution in [3.63, 3.8) is 0 Å². The van der Waals surface area contributed by atoms with Crippen LogP contribution >= 0.6 is 11.6 Å². The Bertz CT molecular complexity index is 882. The van der Waals surface area contributed by atoms with Crippen LogP contribution in [0.2, 0.25) is 5.02 Å². The second kappa shape index (κ2) is 8.35. The van der Waals surface area contributed by atoms with Crippen molar-refractivity contribution in [1.29, 1.82) is 0 Å². The molecule has 0 aromatic heterocycles. The fourth-order valence-corrected chi connectivity index (χ4v) is 2.23. The summed E-state index contributed by atoms with van der Waals surface area (Å²) in [5.74, 6) is -2.46. The Morgan fingerprint density at radius 3 is 2.50 bits per heavy atom. The third-order valence-electron chi connectivity index (χ3n) is 3.35. The molecule has 0 spiro atoms. The number of methoxy groups -OCH3 is 2. The van der Waals surface area contributed by atoms with Gasteiger partial charge in [-0.25, -0.2) is 4.39 Å². The predicted molar refractivity (Wildman–Crippen MR) is 95.2 cm³/mol. The number of aliphatic hydroxyl groups excluding tert-OH is 1. The largest absolute Gasteiger partial charge is 0.507 e. The van der Waals surface area contributed by atoms with Crippen LogP contribution in [0.1, 0.15) is 5.56 Å². The van der Waals surface area contributed by atoms with Crippen LogP contribution in [-0.2, 0) is 9.59 Å². The van der Waals surface area contributed by atoms with Gasteiger partial charge in [0.1, 0.15) is 23.1 Å². The first-order valence-electron chi connectivity index (χ1n) is 7.29. The monoisotopic (exact) mass is 379 g/mol. The minimum Gasteiger partial charge on any atom is -0.507 e. The maximum atomic E-state index is 13.1. The number of aliphatic hydroxyl groups is 1. The summed E-state index contributed by atoms with van der Waals surface area (Å²) in [7, 11) is 2.84. The molecule has 0 radical (unpaired) electrons. The third kappa shape index (κ3) is 4.52. The Balaban J connectivity index is 2.21. The number of hydrogen-bond acceptors (Lipinski definition) is 5. The van der Waals surface area contributed by atoms with Crippen molar-refractivity contribution >= 4 is 34.7 Å². The molecule has 0 atom stereocenters. The fraction of sp³-hybridized carbons (Fsp3) is 0.111. The first-order chi connectivity index (χ1) is 12.3. The zero-order valence-electron chi connectivity index (χ0n) is 13.9. The van der Waals surface area contributed by atoms with Crippen molar-refractivity contribution in [1.82, 2.24) is 0 Å². The van der Waals surface area contributed by atoms with Gasteiger partial charge >= 0.3 is 0 Å². The van der Waals surface area contributed by atoms with E-state index in [9.17, 15) is 19.1 Å². The summed E-state index contributed by atoms with van der Waals surface area (Å²) in [6, 6.07) is 8.08. The number of carbonyl (C=O) groups is 2. The number of hydrogen-bond donors (Lipinski definition) is 2. The molecule has 2 aromatic carbocycles. The van der Waals surface area contributed by atoms with Crippen LogP contribution in [0, 0.1) is 5.82 Å². The Morgan fingerprint density at radius 2 is 1.88 bits per heavy atom. The molecule has 0 saturated heterocycles. The predicted octanol–water partition coefficient (Wildman–Crippen LogP) is 3.60. The van der Waals surface area contributed by atoms with Crippen molar-refractivity contribution in [3.05, 3.63) is 58.9 Å². The summed E-state index contributed by atoms with van der Waals surface area (Å²) >= 11 is 5.61. The maximum absolute atomic E-state index is 13.1. The molecule has 0 bridgehead atoms. The molecule has 0 fully saturated rings. The number of nitrogens with one attached hydrogen (secondary N) is 1.